The summed E-state index contributed by atoms with van der Waals surface area (Å²) in [7, 11) is -2.05. The standard InChI is InChI=1S/C21H22N2O3S2/c1-26-20-8-7-16(13-18(20)19-4-3-10-22-19)28(24,25)21-17-12-15(27-2)6-5-14(17)9-11-23-21/h3-8,10,12-13,21-23H,9,11H2,1-2H3. The van der Waals surface area contributed by atoms with Crippen molar-refractivity contribution in [3.8, 4) is 17.0 Å². The van der Waals surface area contributed by atoms with Crippen LogP contribution in [0.3, 0.4) is 0 Å². The third kappa shape index (κ3) is 3.34. The maximum absolute atomic E-state index is 13.6. The van der Waals surface area contributed by atoms with E-state index in [1.165, 1.54) is 0 Å². The van der Waals surface area contributed by atoms with Gasteiger partial charge in [-0.05, 0) is 66.3 Å². The fourth-order valence-corrected chi connectivity index (χ4v) is 5.76. The number of fused-ring (bicyclic) bond motifs is 1. The minimum absolute atomic E-state index is 0.276. The molecular weight excluding hydrogens is 392 g/mol. The lowest BCUT2D eigenvalue weighted by Gasteiger charge is -2.27. The summed E-state index contributed by atoms with van der Waals surface area (Å²) in [5, 5.41) is 2.46. The fourth-order valence-electron chi connectivity index (χ4n) is 3.60. The van der Waals surface area contributed by atoms with Crippen LogP contribution in [0.4, 0.5) is 0 Å². The molecule has 0 spiro atoms. The lowest BCUT2D eigenvalue weighted by Crippen LogP contribution is -2.35. The molecule has 0 fully saturated rings. The molecule has 5 nitrogen and oxygen atoms in total. The number of thioether (sulfide) groups is 1. The van der Waals surface area contributed by atoms with Crippen molar-refractivity contribution in [1.29, 1.82) is 0 Å². The fraction of sp³-hybridized carbons (Fsp3) is 0.238. The molecule has 0 aliphatic carbocycles. The summed E-state index contributed by atoms with van der Waals surface area (Å²) in [4.78, 5) is 4.46. The van der Waals surface area contributed by atoms with Gasteiger partial charge in [-0.25, -0.2) is 8.42 Å². The number of ether oxygens (including phenoxy) is 1. The van der Waals surface area contributed by atoms with E-state index in [1.54, 1.807) is 43.3 Å². The van der Waals surface area contributed by atoms with Gasteiger partial charge in [0.05, 0.1) is 12.0 Å². The summed E-state index contributed by atoms with van der Waals surface area (Å²) in [5.41, 5.74) is 3.47. The summed E-state index contributed by atoms with van der Waals surface area (Å²) in [6.07, 6.45) is 4.62. The van der Waals surface area contributed by atoms with Crippen LogP contribution in [-0.4, -0.2) is 33.3 Å². The molecule has 2 N–H and O–H groups in total. The molecule has 1 atom stereocenters. The highest BCUT2D eigenvalue weighted by molar-refractivity contribution is 7.98. The molecule has 0 amide bonds. The van der Waals surface area contributed by atoms with Crippen LogP contribution in [0.5, 0.6) is 5.75 Å². The highest BCUT2D eigenvalue weighted by atomic mass is 32.2. The van der Waals surface area contributed by atoms with Crippen molar-refractivity contribution in [2.24, 2.45) is 0 Å². The molecule has 0 radical (unpaired) electrons. The Bertz CT molecular complexity index is 1090. The van der Waals surface area contributed by atoms with Crippen LogP contribution in [0, 0.1) is 0 Å². The zero-order chi connectivity index (χ0) is 19.7. The van der Waals surface area contributed by atoms with Gasteiger partial charge in [-0.3, -0.25) is 5.32 Å². The van der Waals surface area contributed by atoms with Crippen molar-refractivity contribution in [2.45, 2.75) is 21.6 Å². The van der Waals surface area contributed by atoms with Crippen LogP contribution in [0.15, 0.2) is 64.5 Å². The summed E-state index contributed by atoms with van der Waals surface area (Å²) >= 11 is 1.61. The Kier molecular flexibility index (Phi) is 5.23. The Morgan fingerprint density at radius 1 is 1.14 bits per heavy atom. The smallest absolute Gasteiger partial charge is 0.198 e. The first kappa shape index (κ1) is 19.1. The molecule has 7 heteroatoms. The largest absolute Gasteiger partial charge is 0.496 e. The van der Waals surface area contributed by atoms with E-state index in [9.17, 15) is 8.42 Å². The number of nitrogens with one attached hydrogen (secondary N) is 2. The zero-order valence-electron chi connectivity index (χ0n) is 15.7. The van der Waals surface area contributed by atoms with Gasteiger partial charge in [-0.15, -0.1) is 11.8 Å². The van der Waals surface area contributed by atoms with Crippen molar-refractivity contribution >= 4 is 21.6 Å². The molecule has 146 valence electrons. The molecule has 3 aromatic rings. The summed E-state index contributed by atoms with van der Waals surface area (Å²) < 4.78 is 32.5. The molecule has 1 aliphatic heterocycles. The van der Waals surface area contributed by atoms with Gasteiger partial charge in [0, 0.05) is 28.9 Å². The molecule has 2 heterocycles. The molecule has 1 aliphatic rings. The Balaban J connectivity index is 1.81. The van der Waals surface area contributed by atoms with Gasteiger partial charge in [-0.2, -0.15) is 0 Å². The van der Waals surface area contributed by atoms with Crippen LogP contribution in [-0.2, 0) is 16.3 Å². The first-order valence-electron chi connectivity index (χ1n) is 9.00. The van der Waals surface area contributed by atoms with Gasteiger partial charge >= 0.3 is 0 Å². The molecule has 0 saturated heterocycles. The van der Waals surface area contributed by atoms with Crippen LogP contribution in [0.1, 0.15) is 16.5 Å². The van der Waals surface area contributed by atoms with E-state index in [4.69, 9.17) is 4.74 Å². The van der Waals surface area contributed by atoms with Crippen LogP contribution >= 0.6 is 11.8 Å². The van der Waals surface area contributed by atoms with Gasteiger partial charge in [0.15, 0.2) is 9.84 Å². The minimum Gasteiger partial charge on any atom is -0.496 e. The van der Waals surface area contributed by atoms with Gasteiger partial charge < -0.3 is 9.72 Å². The van der Waals surface area contributed by atoms with Crippen molar-refractivity contribution in [2.75, 3.05) is 19.9 Å². The summed E-state index contributed by atoms with van der Waals surface area (Å²) in [6, 6.07) is 14.9. The number of rotatable bonds is 5. The number of methoxy groups -OCH3 is 1. The molecule has 1 unspecified atom stereocenters. The van der Waals surface area contributed by atoms with E-state index in [-0.39, 0.29) is 4.90 Å². The maximum atomic E-state index is 13.6. The molecule has 0 saturated carbocycles. The van der Waals surface area contributed by atoms with Gasteiger partial charge in [0.1, 0.15) is 11.1 Å². The molecule has 28 heavy (non-hydrogen) atoms. The molecular formula is C21H22N2O3S2. The highest BCUT2D eigenvalue weighted by Crippen LogP contribution is 2.37. The second kappa shape index (κ2) is 7.66. The summed E-state index contributed by atoms with van der Waals surface area (Å²) in [5.74, 6) is 0.628. The Morgan fingerprint density at radius 3 is 2.71 bits per heavy atom. The number of hydrogen-bond donors (Lipinski definition) is 2. The van der Waals surface area contributed by atoms with E-state index in [0.717, 1.165) is 33.7 Å². The lowest BCUT2D eigenvalue weighted by molar-refractivity contribution is 0.416. The van der Waals surface area contributed by atoms with E-state index < -0.39 is 15.2 Å². The molecule has 1 aromatic heterocycles. The molecule has 2 aromatic carbocycles. The van der Waals surface area contributed by atoms with E-state index >= 15 is 0 Å². The van der Waals surface area contributed by atoms with Crippen molar-refractivity contribution in [3.63, 3.8) is 0 Å². The highest BCUT2D eigenvalue weighted by Gasteiger charge is 2.33. The zero-order valence-corrected chi connectivity index (χ0v) is 17.4. The number of benzene rings is 2. The topological polar surface area (TPSA) is 71.2 Å². The number of H-pyrrole nitrogens is 1. The number of aromatic nitrogens is 1. The lowest BCUT2D eigenvalue weighted by atomic mass is 10.0. The van der Waals surface area contributed by atoms with Gasteiger partial charge in [0.2, 0.25) is 0 Å². The van der Waals surface area contributed by atoms with Gasteiger partial charge in [-0.1, -0.05) is 6.07 Å². The Labute approximate surface area is 169 Å². The average Bonchev–Trinajstić information content (AvgIpc) is 3.27. The minimum atomic E-state index is -3.63. The van der Waals surface area contributed by atoms with Gasteiger partial charge in [0.25, 0.3) is 0 Å². The predicted octanol–water partition coefficient (Wildman–Crippen LogP) is 4.03. The van der Waals surface area contributed by atoms with E-state index in [1.807, 2.05) is 30.5 Å². The third-order valence-corrected chi connectivity index (χ3v) is 7.74. The second-order valence-electron chi connectivity index (χ2n) is 6.64. The van der Waals surface area contributed by atoms with Crippen molar-refractivity contribution in [1.82, 2.24) is 10.3 Å². The quantitative estimate of drug-likeness (QED) is 0.617. The monoisotopic (exact) mass is 414 g/mol. The second-order valence-corrected chi connectivity index (χ2v) is 9.55. The molecule has 0 bridgehead atoms. The van der Waals surface area contributed by atoms with Crippen molar-refractivity contribution in [3.05, 3.63) is 65.9 Å². The third-order valence-electron chi connectivity index (χ3n) is 5.06. The van der Waals surface area contributed by atoms with Crippen LogP contribution in [0.25, 0.3) is 11.3 Å². The predicted molar refractivity (Wildman–Crippen MR) is 113 cm³/mol. The number of aromatic amines is 1. The normalized spacial score (nSPS) is 16.6. The van der Waals surface area contributed by atoms with E-state index in [0.29, 0.717) is 12.3 Å². The molecule has 4 rings (SSSR count). The van der Waals surface area contributed by atoms with Crippen molar-refractivity contribution < 1.29 is 13.2 Å². The van der Waals surface area contributed by atoms with Crippen LogP contribution < -0.4 is 10.1 Å². The SMILES string of the molecule is COc1ccc(S(=O)(=O)C2NCCc3ccc(SC)cc32)cc1-c1ccc[nH]1. The van der Waals surface area contributed by atoms with Crippen LogP contribution in [0.2, 0.25) is 0 Å². The maximum Gasteiger partial charge on any atom is 0.198 e. The average molecular weight is 415 g/mol. The van der Waals surface area contributed by atoms with E-state index in [2.05, 4.69) is 16.4 Å². The first-order chi connectivity index (χ1) is 13.5. The Hall–Kier alpha value is -2.22. The summed E-state index contributed by atoms with van der Waals surface area (Å²) in [6.45, 7) is 0.634. The first-order valence-corrected chi connectivity index (χ1v) is 11.8. The Morgan fingerprint density at radius 2 is 2.00 bits per heavy atom. The number of hydrogen-bond acceptors (Lipinski definition) is 5. The number of sulfone groups is 1.